The van der Waals surface area contributed by atoms with Gasteiger partial charge in [0.25, 0.3) is 5.91 Å². The number of hydrogen-bond donors (Lipinski definition) is 1. The van der Waals surface area contributed by atoms with Gasteiger partial charge in [-0.1, -0.05) is 12.8 Å². The molecule has 0 spiro atoms. The highest BCUT2D eigenvalue weighted by Gasteiger charge is 2.44. The molecule has 1 aliphatic carbocycles. The summed E-state index contributed by atoms with van der Waals surface area (Å²) in [4.78, 5) is 18.5. The van der Waals surface area contributed by atoms with Crippen LogP contribution in [0.15, 0.2) is 4.42 Å². The minimum absolute atomic E-state index is 0.0873. The van der Waals surface area contributed by atoms with Crippen molar-refractivity contribution in [1.82, 2.24) is 9.88 Å². The van der Waals surface area contributed by atoms with E-state index in [9.17, 15) is 9.90 Å². The third kappa shape index (κ3) is 2.24. The molecule has 0 radical (unpaired) electrons. The highest BCUT2D eigenvalue weighted by atomic mass is 16.4. The molecule has 3 rings (SSSR count). The highest BCUT2D eigenvalue weighted by molar-refractivity contribution is 5.92. The van der Waals surface area contributed by atoms with Crippen LogP contribution >= 0.6 is 0 Å². The molecule has 2 unspecified atom stereocenters. The SMILES string of the molecule is Cc1nc(C)c(C(=O)N2CCC3(O)CCCCC3C2)o1. The first-order valence-corrected chi connectivity index (χ1v) is 7.45. The molecular formula is C15H22N2O3. The number of likely N-dealkylation sites (tertiary alicyclic amines) is 1. The van der Waals surface area contributed by atoms with Crippen LogP contribution in [0.3, 0.4) is 0 Å². The van der Waals surface area contributed by atoms with E-state index in [0.29, 0.717) is 36.9 Å². The lowest BCUT2D eigenvalue weighted by molar-refractivity contribution is -0.0889. The fourth-order valence-electron chi connectivity index (χ4n) is 3.63. The Kier molecular flexibility index (Phi) is 3.32. The van der Waals surface area contributed by atoms with Gasteiger partial charge >= 0.3 is 0 Å². The Hall–Kier alpha value is -1.36. The molecule has 2 fully saturated rings. The Labute approximate surface area is 119 Å². The monoisotopic (exact) mass is 278 g/mol. The van der Waals surface area contributed by atoms with Crippen LogP contribution in [0.25, 0.3) is 0 Å². The zero-order chi connectivity index (χ0) is 14.3. The number of carbonyl (C=O) groups is 1. The van der Waals surface area contributed by atoms with Crippen molar-refractivity contribution in [3.05, 3.63) is 17.3 Å². The zero-order valence-electron chi connectivity index (χ0n) is 12.2. The lowest BCUT2D eigenvalue weighted by atomic mass is 9.71. The van der Waals surface area contributed by atoms with Gasteiger partial charge in [-0.2, -0.15) is 0 Å². The van der Waals surface area contributed by atoms with E-state index < -0.39 is 5.60 Å². The van der Waals surface area contributed by atoms with Gasteiger partial charge in [0.05, 0.1) is 11.3 Å². The summed E-state index contributed by atoms with van der Waals surface area (Å²) in [5, 5.41) is 10.6. The number of nitrogens with zero attached hydrogens (tertiary/aromatic N) is 2. The van der Waals surface area contributed by atoms with Crippen LogP contribution in [0.1, 0.15) is 54.2 Å². The fourth-order valence-corrected chi connectivity index (χ4v) is 3.63. The summed E-state index contributed by atoms with van der Waals surface area (Å²) in [6.45, 7) is 4.78. The summed E-state index contributed by atoms with van der Waals surface area (Å²) < 4.78 is 5.43. The van der Waals surface area contributed by atoms with Gasteiger partial charge in [-0.05, 0) is 26.2 Å². The second kappa shape index (κ2) is 4.88. The van der Waals surface area contributed by atoms with Crippen molar-refractivity contribution in [2.24, 2.45) is 5.92 Å². The molecule has 2 aliphatic rings. The number of aryl methyl sites for hydroxylation is 2. The topological polar surface area (TPSA) is 66.6 Å². The number of aromatic nitrogens is 1. The van der Waals surface area contributed by atoms with E-state index in [1.807, 2.05) is 4.90 Å². The number of oxazole rings is 1. The molecule has 2 heterocycles. The van der Waals surface area contributed by atoms with Gasteiger partial charge in [0.2, 0.25) is 5.76 Å². The van der Waals surface area contributed by atoms with Gasteiger partial charge in [0.1, 0.15) is 0 Å². The van der Waals surface area contributed by atoms with Crippen LogP contribution < -0.4 is 0 Å². The Morgan fingerprint density at radius 1 is 1.40 bits per heavy atom. The molecule has 5 nitrogen and oxygen atoms in total. The predicted octanol–water partition coefficient (Wildman–Crippen LogP) is 2.06. The Morgan fingerprint density at radius 2 is 2.20 bits per heavy atom. The average molecular weight is 278 g/mol. The average Bonchev–Trinajstić information content (AvgIpc) is 2.76. The fraction of sp³-hybridized carbons (Fsp3) is 0.733. The molecule has 1 aromatic heterocycles. The van der Waals surface area contributed by atoms with Gasteiger partial charge in [-0.25, -0.2) is 4.98 Å². The number of aliphatic hydroxyl groups is 1. The quantitative estimate of drug-likeness (QED) is 0.854. The van der Waals surface area contributed by atoms with Crippen LogP contribution in [-0.2, 0) is 0 Å². The third-order valence-electron chi connectivity index (χ3n) is 4.81. The van der Waals surface area contributed by atoms with Crippen molar-refractivity contribution < 1.29 is 14.3 Å². The maximum absolute atomic E-state index is 12.5. The van der Waals surface area contributed by atoms with Crippen molar-refractivity contribution >= 4 is 5.91 Å². The summed E-state index contributed by atoms with van der Waals surface area (Å²) in [5.74, 6) is 0.995. The molecular weight excluding hydrogens is 256 g/mol. The van der Waals surface area contributed by atoms with Gasteiger partial charge in [-0.3, -0.25) is 4.79 Å². The summed E-state index contributed by atoms with van der Waals surface area (Å²) in [7, 11) is 0. The first kappa shape index (κ1) is 13.6. The van der Waals surface area contributed by atoms with E-state index in [-0.39, 0.29) is 11.8 Å². The maximum atomic E-state index is 12.5. The van der Waals surface area contributed by atoms with Crippen LogP contribution in [0.2, 0.25) is 0 Å². The molecule has 1 saturated carbocycles. The standard InChI is InChI=1S/C15H22N2O3/c1-10-13(20-11(2)16-10)14(18)17-8-7-15(19)6-4-3-5-12(15)9-17/h12,19H,3-9H2,1-2H3. The van der Waals surface area contributed by atoms with Crippen molar-refractivity contribution in [3.63, 3.8) is 0 Å². The van der Waals surface area contributed by atoms with E-state index >= 15 is 0 Å². The number of hydrogen-bond acceptors (Lipinski definition) is 4. The minimum Gasteiger partial charge on any atom is -0.436 e. The smallest absolute Gasteiger partial charge is 0.291 e. The number of fused-ring (bicyclic) bond motifs is 1. The summed E-state index contributed by atoms with van der Waals surface area (Å²) in [5.41, 5.74) is 0.0958. The summed E-state index contributed by atoms with van der Waals surface area (Å²) in [6.07, 6.45) is 4.81. The van der Waals surface area contributed by atoms with Gasteiger partial charge in [-0.15, -0.1) is 0 Å². The summed E-state index contributed by atoms with van der Waals surface area (Å²) in [6, 6.07) is 0. The van der Waals surface area contributed by atoms with Crippen molar-refractivity contribution in [2.75, 3.05) is 13.1 Å². The lowest BCUT2D eigenvalue weighted by Gasteiger charge is -2.47. The van der Waals surface area contributed by atoms with Crippen LogP contribution in [0.4, 0.5) is 0 Å². The molecule has 1 aliphatic heterocycles. The van der Waals surface area contributed by atoms with Gasteiger partial charge in [0, 0.05) is 25.9 Å². The number of carbonyl (C=O) groups excluding carboxylic acids is 1. The molecule has 20 heavy (non-hydrogen) atoms. The summed E-state index contributed by atoms with van der Waals surface area (Å²) >= 11 is 0. The Morgan fingerprint density at radius 3 is 2.90 bits per heavy atom. The maximum Gasteiger partial charge on any atom is 0.291 e. The normalized spacial score (nSPS) is 30.1. The second-order valence-corrected chi connectivity index (χ2v) is 6.19. The van der Waals surface area contributed by atoms with Crippen molar-refractivity contribution in [3.8, 4) is 0 Å². The van der Waals surface area contributed by atoms with E-state index in [0.717, 1.165) is 25.7 Å². The number of amides is 1. The molecule has 2 atom stereocenters. The largest absolute Gasteiger partial charge is 0.436 e. The van der Waals surface area contributed by atoms with E-state index in [4.69, 9.17) is 4.42 Å². The number of rotatable bonds is 1. The molecule has 0 bridgehead atoms. The third-order valence-corrected chi connectivity index (χ3v) is 4.81. The Bertz CT molecular complexity index is 525. The molecule has 0 aromatic carbocycles. The van der Waals surface area contributed by atoms with E-state index in [2.05, 4.69) is 4.98 Å². The zero-order valence-corrected chi connectivity index (χ0v) is 12.2. The lowest BCUT2D eigenvalue weighted by Crippen LogP contribution is -2.54. The Balaban J connectivity index is 1.76. The first-order chi connectivity index (χ1) is 9.49. The van der Waals surface area contributed by atoms with Crippen LogP contribution in [0, 0.1) is 19.8 Å². The predicted molar refractivity (Wildman–Crippen MR) is 73.4 cm³/mol. The highest BCUT2D eigenvalue weighted by Crippen LogP contribution is 2.40. The number of piperidine rings is 1. The van der Waals surface area contributed by atoms with Gasteiger partial charge in [0.15, 0.2) is 5.89 Å². The van der Waals surface area contributed by atoms with Crippen LogP contribution in [-0.4, -0.2) is 39.6 Å². The molecule has 1 N–H and O–H groups in total. The second-order valence-electron chi connectivity index (χ2n) is 6.19. The van der Waals surface area contributed by atoms with Crippen molar-refractivity contribution in [2.45, 2.75) is 51.6 Å². The molecule has 1 amide bonds. The van der Waals surface area contributed by atoms with E-state index in [1.165, 1.54) is 0 Å². The van der Waals surface area contributed by atoms with Crippen molar-refractivity contribution in [1.29, 1.82) is 0 Å². The molecule has 110 valence electrons. The molecule has 1 saturated heterocycles. The van der Waals surface area contributed by atoms with Gasteiger partial charge < -0.3 is 14.4 Å². The molecule has 5 heteroatoms. The molecule has 1 aromatic rings. The minimum atomic E-state index is -0.554. The van der Waals surface area contributed by atoms with E-state index in [1.54, 1.807) is 13.8 Å². The first-order valence-electron chi connectivity index (χ1n) is 7.45. The van der Waals surface area contributed by atoms with Crippen LogP contribution in [0.5, 0.6) is 0 Å².